The Labute approximate surface area is 234 Å². The molecule has 0 aliphatic rings. The maximum atomic E-state index is 13.7. The molecule has 0 saturated carbocycles. The summed E-state index contributed by atoms with van der Waals surface area (Å²) in [5.41, 5.74) is -1.44. The van der Waals surface area contributed by atoms with Crippen LogP contribution in [-0.2, 0) is 4.79 Å². The van der Waals surface area contributed by atoms with E-state index in [0.29, 0.717) is 0 Å². The van der Waals surface area contributed by atoms with E-state index in [2.05, 4.69) is 5.32 Å². The maximum absolute atomic E-state index is 13.7. The molecule has 0 heterocycles. The molecule has 1 atom stereocenters. The van der Waals surface area contributed by atoms with Crippen LogP contribution in [0.2, 0.25) is 20.1 Å². The van der Waals surface area contributed by atoms with Gasteiger partial charge >= 0.3 is 12.4 Å². The van der Waals surface area contributed by atoms with Gasteiger partial charge in [-0.2, -0.15) is 26.3 Å². The molecule has 2 aromatic rings. The first-order chi connectivity index (χ1) is 17.3. The number of carbonyl (C=O) groups excluding carboxylic acids is 2. The number of nitrogens with one attached hydrogen (secondary N) is 2. The fourth-order valence-electron chi connectivity index (χ4n) is 3.09. The predicted molar refractivity (Wildman–Crippen MR) is 136 cm³/mol. The average Bonchev–Trinajstić information content (AvgIpc) is 2.78. The zero-order chi connectivity index (χ0) is 29.1. The van der Waals surface area contributed by atoms with Crippen LogP contribution in [0.1, 0.15) is 41.3 Å². The zero-order valence-corrected chi connectivity index (χ0v) is 22.7. The molecule has 0 radical (unpaired) electrons. The van der Waals surface area contributed by atoms with Crippen LogP contribution < -0.4 is 10.6 Å². The summed E-state index contributed by atoms with van der Waals surface area (Å²) in [5, 5.41) is 3.70. The van der Waals surface area contributed by atoms with Gasteiger partial charge in [-0.25, -0.2) is 0 Å². The first-order valence-electron chi connectivity index (χ1n) is 10.6. The van der Waals surface area contributed by atoms with Crippen LogP contribution in [0.15, 0.2) is 36.4 Å². The second-order valence-electron chi connectivity index (χ2n) is 8.78. The van der Waals surface area contributed by atoms with Gasteiger partial charge in [0, 0.05) is 6.54 Å². The van der Waals surface area contributed by atoms with Gasteiger partial charge in [-0.1, -0.05) is 64.6 Å². The zero-order valence-electron chi connectivity index (χ0n) is 19.6. The van der Waals surface area contributed by atoms with Gasteiger partial charge < -0.3 is 10.6 Å². The highest BCUT2D eigenvalue weighted by Gasteiger charge is 2.39. The largest absolute Gasteiger partial charge is 0.405 e. The summed E-state index contributed by atoms with van der Waals surface area (Å²) in [6.07, 6.45) is -7.27. The van der Waals surface area contributed by atoms with Gasteiger partial charge in [-0.05, 0) is 49.2 Å². The van der Waals surface area contributed by atoms with Gasteiger partial charge in [-0.15, -0.1) is 0 Å². The third-order valence-corrected chi connectivity index (χ3v) is 6.70. The van der Waals surface area contributed by atoms with Crippen LogP contribution in [-0.4, -0.2) is 37.3 Å². The summed E-state index contributed by atoms with van der Waals surface area (Å²) in [6, 6.07) is 5.97. The number of halogens is 10. The first kappa shape index (κ1) is 32.1. The minimum Gasteiger partial charge on any atom is -0.351 e. The van der Waals surface area contributed by atoms with E-state index < -0.39 is 42.0 Å². The quantitative estimate of drug-likeness (QED) is 0.231. The van der Waals surface area contributed by atoms with Crippen molar-refractivity contribution in [2.75, 3.05) is 13.1 Å². The number of hydrogen-bond donors (Lipinski definition) is 2. The van der Waals surface area contributed by atoms with Crippen LogP contribution in [0.3, 0.4) is 0 Å². The summed E-state index contributed by atoms with van der Waals surface area (Å²) in [4.78, 5) is 24.6. The topological polar surface area (TPSA) is 58.2 Å². The second kappa shape index (κ2) is 12.4. The SMILES string of the molecule is CC(C)(CNC(=O)c1ccc(/C=C/C(c2cc(Cl)c(Cl)c(Cl)c2)C(F)(F)F)cc1Cl)C(=O)NCC(F)(F)F. The lowest BCUT2D eigenvalue weighted by Crippen LogP contribution is -2.47. The molecule has 0 bridgehead atoms. The van der Waals surface area contributed by atoms with E-state index in [1.54, 1.807) is 5.32 Å². The summed E-state index contributed by atoms with van der Waals surface area (Å²) >= 11 is 23.7. The van der Waals surface area contributed by atoms with Crippen molar-refractivity contribution in [2.24, 2.45) is 5.41 Å². The van der Waals surface area contributed by atoms with Gasteiger partial charge in [0.2, 0.25) is 5.91 Å². The molecule has 38 heavy (non-hydrogen) atoms. The standard InChI is InChI=1S/C24H20Cl4F6N2O2/c1-22(2,21(38)36-11-23(29,30)31)10-35-20(37)14-5-3-12(7-16(14)25)4-6-15(24(32,33)34)13-8-17(26)19(28)18(27)9-13/h3-9,15H,10-11H2,1-2H3,(H,35,37)(H,36,38)/b6-4+. The summed E-state index contributed by atoms with van der Waals surface area (Å²) in [6.45, 7) is 0.851. The smallest absolute Gasteiger partial charge is 0.351 e. The summed E-state index contributed by atoms with van der Waals surface area (Å²) in [7, 11) is 0. The Kier molecular flexibility index (Phi) is 10.4. The number of benzene rings is 2. The molecular weight excluding hydrogens is 604 g/mol. The van der Waals surface area contributed by atoms with E-state index in [0.717, 1.165) is 24.3 Å². The van der Waals surface area contributed by atoms with Crippen LogP contribution in [0.4, 0.5) is 26.3 Å². The molecule has 0 fully saturated rings. The molecule has 14 heteroatoms. The van der Waals surface area contributed by atoms with Crippen molar-refractivity contribution in [3.05, 3.63) is 73.2 Å². The average molecular weight is 624 g/mol. The second-order valence-corrected chi connectivity index (χ2v) is 10.4. The highest BCUT2D eigenvalue weighted by molar-refractivity contribution is 6.48. The van der Waals surface area contributed by atoms with E-state index in [1.807, 2.05) is 0 Å². The maximum Gasteiger partial charge on any atom is 0.405 e. The van der Waals surface area contributed by atoms with Crippen molar-refractivity contribution in [1.82, 2.24) is 10.6 Å². The summed E-state index contributed by atoms with van der Waals surface area (Å²) in [5.74, 6) is -3.74. The Balaban J connectivity index is 2.16. The fourth-order valence-corrected chi connectivity index (χ4v) is 3.97. The molecule has 0 aliphatic carbocycles. The molecule has 2 rings (SSSR count). The highest BCUT2D eigenvalue weighted by atomic mass is 35.5. The number of carbonyl (C=O) groups is 2. The van der Waals surface area contributed by atoms with E-state index in [9.17, 15) is 35.9 Å². The Bertz CT molecular complexity index is 1210. The Morgan fingerprint density at radius 1 is 0.868 bits per heavy atom. The number of hydrogen-bond acceptors (Lipinski definition) is 2. The third kappa shape index (κ3) is 8.97. The molecule has 1 unspecified atom stereocenters. The van der Waals surface area contributed by atoms with Gasteiger partial charge in [0.1, 0.15) is 6.54 Å². The van der Waals surface area contributed by atoms with E-state index >= 15 is 0 Å². The molecule has 2 amide bonds. The van der Waals surface area contributed by atoms with Gasteiger partial charge in [0.05, 0.1) is 37.0 Å². The molecule has 2 N–H and O–H groups in total. The van der Waals surface area contributed by atoms with Gasteiger partial charge in [-0.3, -0.25) is 9.59 Å². The molecule has 4 nitrogen and oxygen atoms in total. The fraction of sp³-hybridized carbons (Fsp3) is 0.333. The normalized spacial score (nSPS) is 13.5. The Morgan fingerprint density at radius 2 is 1.45 bits per heavy atom. The lowest BCUT2D eigenvalue weighted by Gasteiger charge is -2.24. The third-order valence-electron chi connectivity index (χ3n) is 5.19. The number of allylic oxidation sites excluding steroid dienone is 1. The molecule has 0 spiro atoms. The minimum absolute atomic E-state index is 0.0565. The lowest BCUT2D eigenvalue weighted by atomic mass is 9.92. The number of rotatable bonds is 8. The molecule has 2 aromatic carbocycles. The van der Waals surface area contributed by atoms with Crippen LogP contribution in [0, 0.1) is 5.41 Å². The number of amides is 2. The van der Waals surface area contributed by atoms with Crippen LogP contribution in [0.5, 0.6) is 0 Å². The molecule has 0 saturated heterocycles. The van der Waals surface area contributed by atoms with Crippen molar-refractivity contribution in [1.29, 1.82) is 0 Å². The van der Waals surface area contributed by atoms with Crippen LogP contribution >= 0.6 is 46.4 Å². The van der Waals surface area contributed by atoms with Crippen molar-refractivity contribution in [2.45, 2.75) is 32.1 Å². The van der Waals surface area contributed by atoms with Crippen LogP contribution in [0.25, 0.3) is 6.08 Å². The predicted octanol–water partition coefficient (Wildman–Crippen LogP) is 8.09. The lowest BCUT2D eigenvalue weighted by molar-refractivity contribution is -0.143. The van der Waals surface area contributed by atoms with Crippen molar-refractivity contribution in [3.63, 3.8) is 0 Å². The Morgan fingerprint density at radius 3 is 1.95 bits per heavy atom. The molecule has 0 aromatic heterocycles. The molecule has 0 aliphatic heterocycles. The Hall–Kier alpha value is -2.14. The van der Waals surface area contributed by atoms with Crippen molar-refractivity contribution >= 4 is 64.3 Å². The van der Waals surface area contributed by atoms with Gasteiger partial charge in [0.15, 0.2) is 0 Å². The molecule has 208 valence electrons. The van der Waals surface area contributed by atoms with Gasteiger partial charge in [0.25, 0.3) is 5.91 Å². The van der Waals surface area contributed by atoms with E-state index in [1.165, 1.54) is 32.0 Å². The van der Waals surface area contributed by atoms with Crippen molar-refractivity contribution < 1.29 is 35.9 Å². The monoisotopic (exact) mass is 622 g/mol. The highest BCUT2D eigenvalue weighted by Crippen LogP contribution is 2.41. The van der Waals surface area contributed by atoms with E-state index in [4.69, 9.17) is 46.4 Å². The first-order valence-corrected chi connectivity index (χ1v) is 12.1. The summed E-state index contributed by atoms with van der Waals surface area (Å²) < 4.78 is 78.2. The number of alkyl halides is 6. The molecular formula is C24H20Cl4F6N2O2. The minimum atomic E-state index is -4.69. The van der Waals surface area contributed by atoms with Crippen molar-refractivity contribution in [3.8, 4) is 0 Å². The van der Waals surface area contributed by atoms with E-state index in [-0.39, 0.29) is 43.3 Å².